The summed E-state index contributed by atoms with van der Waals surface area (Å²) < 4.78 is 48.4. The van der Waals surface area contributed by atoms with Crippen LogP contribution in [0, 0.1) is 0 Å². The second-order valence-corrected chi connectivity index (χ2v) is 5.57. The van der Waals surface area contributed by atoms with Gasteiger partial charge in [0.1, 0.15) is 11.5 Å². The zero-order valence-electron chi connectivity index (χ0n) is 13.6. The summed E-state index contributed by atoms with van der Waals surface area (Å²) >= 11 is 4.98. The number of amides is 1. The Balaban J connectivity index is 1.79. The first-order chi connectivity index (χ1) is 12.3. The van der Waals surface area contributed by atoms with Crippen LogP contribution in [0.4, 0.5) is 13.2 Å². The predicted molar refractivity (Wildman–Crippen MR) is 91.0 cm³/mol. The molecule has 0 spiro atoms. The van der Waals surface area contributed by atoms with Crippen molar-refractivity contribution in [2.45, 2.75) is 25.7 Å². The number of hydrogen-bond acceptors (Lipinski definition) is 4. The van der Waals surface area contributed by atoms with Crippen molar-refractivity contribution in [2.24, 2.45) is 0 Å². The van der Waals surface area contributed by atoms with Crippen LogP contribution in [0.1, 0.15) is 18.2 Å². The number of rotatable bonds is 5. The molecule has 0 saturated carbocycles. The second kappa shape index (κ2) is 8.56. The van der Waals surface area contributed by atoms with Crippen LogP contribution in [0.2, 0.25) is 0 Å². The lowest BCUT2D eigenvalue weighted by atomic mass is 10.2. The number of alkyl halides is 3. The third-order valence-corrected chi connectivity index (χ3v) is 3.39. The Labute approximate surface area is 152 Å². The molecule has 1 atom stereocenters. The molecule has 140 valence electrons. The van der Waals surface area contributed by atoms with Gasteiger partial charge in [0.05, 0.1) is 18.4 Å². The van der Waals surface area contributed by atoms with Gasteiger partial charge in [-0.3, -0.25) is 15.6 Å². The van der Waals surface area contributed by atoms with E-state index in [9.17, 15) is 18.0 Å². The summed E-state index contributed by atoms with van der Waals surface area (Å²) in [5.74, 6) is -0.0210. The Hall–Kier alpha value is -2.75. The van der Waals surface area contributed by atoms with Crippen LogP contribution >= 0.6 is 12.2 Å². The second-order valence-electron chi connectivity index (χ2n) is 5.16. The molecule has 1 amide bonds. The first kappa shape index (κ1) is 19.6. The highest BCUT2D eigenvalue weighted by Crippen LogP contribution is 2.31. The fourth-order valence-electron chi connectivity index (χ4n) is 1.85. The first-order valence-corrected chi connectivity index (χ1v) is 7.86. The predicted octanol–water partition coefficient (Wildman–Crippen LogP) is 2.76. The SMILES string of the molecule is C[C@@H](Oc1cccc(C(F)(F)F)c1)C(=O)NNC(=S)NCc1ccco1. The molecular formula is C16H16F3N3O3S. The van der Waals surface area contributed by atoms with E-state index in [0.717, 1.165) is 12.1 Å². The highest BCUT2D eigenvalue weighted by molar-refractivity contribution is 7.80. The summed E-state index contributed by atoms with van der Waals surface area (Å²) in [7, 11) is 0. The van der Waals surface area contributed by atoms with Gasteiger partial charge in [0.25, 0.3) is 5.91 Å². The minimum absolute atomic E-state index is 0.0685. The van der Waals surface area contributed by atoms with E-state index in [2.05, 4.69) is 16.2 Å². The zero-order chi connectivity index (χ0) is 19.2. The van der Waals surface area contributed by atoms with Crippen molar-refractivity contribution in [1.82, 2.24) is 16.2 Å². The highest BCUT2D eigenvalue weighted by atomic mass is 32.1. The number of furan rings is 1. The summed E-state index contributed by atoms with van der Waals surface area (Å²) in [6, 6.07) is 7.76. The molecule has 1 aromatic heterocycles. The van der Waals surface area contributed by atoms with Crippen LogP contribution in [0.15, 0.2) is 47.1 Å². The van der Waals surface area contributed by atoms with E-state index in [1.807, 2.05) is 0 Å². The summed E-state index contributed by atoms with van der Waals surface area (Å²) in [6.07, 6.45) is -4.01. The molecule has 0 bridgehead atoms. The quantitative estimate of drug-likeness (QED) is 0.541. The van der Waals surface area contributed by atoms with Crippen LogP contribution < -0.4 is 20.9 Å². The molecule has 26 heavy (non-hydrogen) atoms. The molecule has 3 N–H and O–H groups in total. The average molecular weight is 387 g/mol. The fourth-order valence-corrected chi connectivity index (χ4v) is 1.97. The molecule has 2 aromatic rings. The van der Waals surface area contributed by atoms with Gasteiger partial charge in [-0.2, -0.15) is 13.2 Å². The number of carbonyl (C=O) groups is 1. The zero-order valence-corrected chi connectivity index (χ0v) is 14.4. The molecule has 2 rings (SSSR count). The van der Waals surface area contributed by atoms with Crippen molar-refractivity contribution in [1.29, 1.82) is 0 Å². The van der Waals surface area contributed by atoms with Gasteiger partial charge in [-0.25, -0.2) is 0 Å². The van der Waals surface area contributed by atoms with Crippen molar-refractivity contribution in [2.75, 3.05) is 0 Å². The van der Waals surface area contributed by atoms with E-state index >= 15 is 0 Å². The summed E-state index contributed by atoms with van der Waals surface area (Å²) in [4.78, 5) is 11.9. The van der Waals surface area contributed by atoms with Crippen molar-refractivity contribution in [3.63, 3.8) is 0 Å². The molecule has 6 nitrogen and oxygen atoms in total. The summed E-state index contributed by atoms with van der Waals surface area (Å²) in [5, 5.41) is 2.94. The normalized spacial score (nSPS) is 12.2. The Bertz CT molecular complexity index is 751. The molecule has 0 unspecified atom stereocenters. The van der Waals surface area contributed by atoms with Gasteiger partial charge in [0.15, 0.2) is 11.2 Å². The maximum absolute atomic E-state index is 12.7. The molecule has 1 heterocycles. The van der Waals surface area contributed by atoms with Crippen LogP contribution in [0.3, 0.4) is 0 Å². The van der Waals surface area contributed by atoms with Crippen LogP contribution in [0.5, 0.6) is 5.75 Å². The van der Waals surface area contributed by atoms with E-state index in [1.54, 1.807) is 12.1 Å². The molecule has 0 radical (unpaired) electrons. The molecule has 0 fully saturated rings. The van der Waals surface area contributed by atoms with Gasteiger partial charge >= 0.3 is 6.18 Å². The first-order valence-electron chi connectivity index (χ1n) is 7.45. The number of carbonyl (C=O) groups excluding carboxylic acids is 1. The number of hydrogen-bond donors (Lipinski definition) is 3. The van der Waals surface area contributed by atoms with Crippen LogP contribution in [0.25, 0.3) is 0 Å². The Morgan fingerprint density at radius 3 is 2.69 bits per heavy atom. The number of benzene rings is 1. The largest absolute Gasteiger partial charge is 0.481 e. The van der Waals surface area contributed by atoms with Gasteiger partial charge in [-0.1, -0.05) is 6.07 Å². The molecular weight excluding hydrogens is 371 g/mol. The van der Waals surface area contributed by atoms with Gasteiger partial charge < -0.3 is 14.5 Å². The van der Waals surface area contributed by atoms with Gasteiger partial charge in [0, 0.05) is 0 Å². The van der Waals surface area contributed by atoms with Gasteiger partial charge in [-0.05, 0) is 49.5 Å². The monoisotopic (exact) mass is 387 g/mol. The van der Waals surface area contributed by atoms with Crippen LogP contribution in [-0.4, -0.2) is 17.1 Å². The Morgan fingerprint density at radius 2 is 2.04 bits per heavy atom. The van der Waals surface area contributed by atoms with E-state index in [-0.39, 0.29) is 10.9 Å². The van der Waals surface area contributed by atoms with E-state index in [1.165, 1.54) is 25.3 Å². The van der Waals surface area contributed by atoms with Gasteiger partial charge in [-0.15, -0.1) is 0 Å². The van der Waals surface area contributed by atoms with Crippen molar-refractivity contribution < 1.29 is 27.1 Å². The number of halogens is 3. The molecule has 0 aliphatic rings. The molecule has 10 heteroatoms. The minimum Gasteiger partial charge on any atom is -0.481 e. The molecule has 0 saturated heterocycles. The smallest absolute Gasteiger partial charge is 0.416 e. The number of thiocarbonyl (C=S) groups is 1. The van der Waals surface area contributed by atoms with Crippen molar-refractivity contribution >= 4 is 23.2 Å². The number of hydrazine groups is 1. The number of nitrogens with one attached hydrogen (secondary N) is 3. The van der Waals surface area contributed by atoms with Gasteiger partial charge in [0.2, 0.25) is 0 Å². The lowest BCUT2D eigenvalue weighted by molar-refractivity contribution is -0.137. The molecule has 1 aromatic carbocycles. The highest BCUT2D eigenvalue weighted by Gasteiger charge is 2.30. The van der Waals surface area contributed by atoms with Crippen molar-refractivity contribution in [3.8, 4) is 5.75 Å². The van der Waals surface area contributed by atoms with E-state index in [0.29, 0.717) is 12.3 Å². The minimum atomic E-state index is -4.49. The standard InChI is InChI=1S/C16H16F3N3O3S/c1-10(25-12-5-2-4-11(8-12)16(17,18)19)14(23)21-22-15(26)20-9-13-6-3-7-24-13/h2-8,10H,9H2,1H3,(H,21,23)(H2,20,22,26)/t10-/m1/s1. The third kappa shape index (κ3) is 5.96. The maximum Gasteiger partial charge on any atom is 0.416 e. The number of ether oxygens (including phenoxy) is 1. The lowest BCUT2D eigenvalue weighted by Crippen LogP contribution is -2.50. The maximum atomic E-state index is 12.7. The van der Waals surface area contributed by atoms with E-state index < -0.39 is 23.8 Å². The topological polar surface area (TPSA) is 75.5 Å². The van der Waals surface area contributed by atoms with Crippen molar-refractivity contribution in [3.05, 3.63) is 54.0 Å². The van der Waals surface area contributed by atoms with E-state index in [4.69, 9.17) is 21.4 Å². The third-order valence-electron chi connectivity index (χ3n) is 3.15. The fraction of sp³-hybridized carbons (Fsp3) is 0.250. The molecule has 0 aliphatic heterocycles. The summed E-state index contributed by atoms with van der Waals surface area (Å²) in [6.45, 7) is 1.72. The summed E-state index contributed by atoms with van der Waals surface area (Å²) in [5.41, 5.74) is 3.92. The Kier molecular flexibility index (Phi) is 6.45. The average Bonchev–Trinajstić information content (AvgIpc) is 3.10. The molecule has 0 aliphatic carbocycles. The lowest BCUT2D eigenvalue weighted by Gasteiger charge is -2.17. The van der Waals surface area contributed by atoms with Crippen LogP contribution in [-0.2, 0) is 17.5 Å². The Morgan fingerprint density at radius 1 is 1.27 bits per heavy atom.